The summed E-state index contributed by atoms with van der Waals surface area (Å²) in [6.45, 7) is 5.59. The van der Waals surface area contributed by atoms with Gasteiger partial charge in [0.25, 0.3) is 0 Å². The number of Topliss-reactive ketones (excluding diaryl/α,β-unsaturated/α-hetero) is 1. The van der Waals surface area contributed by atoms with Crippen molar-refractivity contribution in [3.63, 3.8) is 0 Å². The first-order valence-corrected chi connectivity index (χ1v) is 4.91. The molecule has 0 amide bonds. The number of ether oxygens (including phenoxy) is 1. The van der Waals surface area contributed by atoms with Gasteiger partial charge in [-0.15, -0.1) is 0 Å². The van der Waals surface area contributed by atoms with Crippen molar-refractivity contribution in [1.82, 2.24) is 0 Å². The summed E-state index contributed by atoms with van der Waals surface area (Å²) >= 11 is 0. The van der Waals surface area contributed by atoms with Crippen molar-refractivity contribution in [2.75, 3.05) is 7.11 Å². The number of carbonyl (C=O) groups excluding carboxylic acids is 1. The fraction of sp³-hybridized carbons (Fsp3) is 0.308. The Morgan fingerprint density at radius 3 is 2.40 bits per heavy atom. The SMILES string of the molecule is C=C(C)CC(=O)Cc1ccc(OC)cc1. The molecule has 0 saturated heterocycles. The van der Waals surface area contributed by atoms with E-state index in [1.807, 2.05) is 31.2 Å². The van der Waals surface area contributed by atoms with Crippen molar-refractivity contribution in [3.05, 3.63) is 42.0 Å². The standard InChI is InChI=1S/C13H16O2/c1-10(2)8-12(14)9-11-4-6-13(15-3)7-5-11/h4-7H,1,8-9H2,2-3H3. The molecule has 2 heteroatoms. The first kappa shape index (κ1) is 11.5. The Bertz CT molecular complexity index is 349. The first-order chi connectivity index (χ1) is 7.11. The van der Waals surface area contributed by atoms with Crippen molar-refractivity contribution < 1.29 is 9.53 Å². The third-order valence-electron chi connectivity index (χ3n) is 2.06. The van der Waals surface area contributed by atoms with Gasteiger partial charge in [0, 0.05) is 12.8 Å². The number of hydrogen-bond donors (Lipinski definition) is 0. The Labute approximate surface area is 90.6 Å². The molecule has 0 heterocycles. The van der Waals surface area contributed by atoms with Crippen LogP contribution in [0.1, 0.15) is 18.9 Å². The van der Waals surface area contributed by atoms with Crippen LogP contribution in [0.4, 0.5) is 0 Å². The monoisotopic (exact) mass is 204 g/mol. The molecule has 80 valence electrons. The predicted molar refractivity (Wildman–Crippen MR) is 61.1 cm³/mol. The van der Waals surface area contributed by atoms with E-state index in [9.17, 15) is 4.79 Å². The highest BCUT2D eigenvalue weighted by atomic mass is 16.5. The Hall–Kier alpha value is -1.57. The van der Waals surface area contributed by atoms with E-state index in [1.165, 1.54) is 0 Å². The minimum Gasteiger partial charge on any atom is -0.497 e. The highest BCUT2D eigenvalue weighted by Gasteiger charge is 2.03. The van der Waals surface area contributed by atoms with Gasteiger partial charge in [0.15, 0.2) is 0 Å². The second kappa shape index (κ2) is 5.35. The summed E-state index contributed by atoms with van der Waals surface area (Å²) in [6.07, 6.45) is 0.933. The van der Waals surface area contributed by atoms with E-state index in [0.29, 0.717) is 12.8 Å². The van der Waals surface area contributed by atoms with Crippen molar-refractivity contribution in [2.24, 2.45) is 0 Å². The zero-order valence-electron chi connectivity index (χ0n) is 9.25. The smallest absolute Gasteiger partial charge is 0.141 e. The molecular formula is C13H16O2. The summed E-state index contributed by atoms with van der Waals surface area (Å²) in [5, 5.41) is 0. The van der Waals surface area contributed by atoms with Crippen molar-refractivity contribution in [3.8, 4) is 5.75 Å². The van der Waals surface area contributed by atoms with Crippen LogP contribution in [0.5, 0.6) is 5.75 Å². The molecule has 0 atom stereocenters. The summed E-state index contributed by atoms with van der Waals surface area (Å²) in [5.41, 5.74) is 1.93. The maximum Gasteiger partial charge on any atom is 0.141 e. The molecule has 0 aliphatic heterocycles. The topological polar surface area (TPSA) is 26.3 Å². The number of allylic oxidation sites excluding steroid dienone is 1. The molecule has 1 aromatic rings. The van der Waals surface area contributed by atoms with Gasteiger partial charge in [-0.2, -0.15) is 0 Å². The Morgan fingerprint density at radius 2 is 1.93 bits per heavy atom. The molecule has 0 aliphatic rings. The van der Waals surface area contributed by atoms with Crippen LogP contribution >= 0.6 is 0 Å². The Balaban J connectivity index is 2.57. The second-order valence-corrected chi connectivity index (χ2v) is 3.70. The predicted octanol–water partition coefficient (Wildman–Crippen LogP) is 2.77. The number of hydrogen-bond acceptors (Lipinski definition) is 2. The average Bonchev–Trinajstić information content (AvgIpc) is 2.17. The first-order valence-electron chi connectivity index (χ1n) is 4.91. The van der Waals surface area contributed by atoms with Gasteiger partial charge >= 0.3 is 0 Å². The van der Waals surface area contributed by atoms with E-state index in [-0.39, 0.29) is 5.78 Å². The van der Waals surface area contributed by atoms with Crippen LogP contribution in [-0.4, -0.2) is 12.9 Å². The van der Waals surface area contributed by atoms with Crippen LogP contribution in [0, 0.1) is 0 Å². The van der Waals surface area contributed by atoms with Gasteiger partial charge in [-0.3, -0.25) is 4.79 Å². The van der Waals surface area contributed by atoms with Gasteiger partial charge in [0.2, 0.25) is 0 Å². The highest BCUT2D eigenvalue weighted by molar-refractivity contribution is 5.82. The average molecular weight is 204 g/mol. The van der Waals surface area contributed by atoms with E-state index in [2.05, 4.69) is 6.58 Å². The van der Waals surface area contributed by atoms with E-state index in [1.54, 1.807) is 7.11 Å². The Morgan fingerprint density at radius 1 is 1.33 bits per heavy atom. The molecule has 15 heavy (non-hydrogen) atoms. The Kier molecular flexibility index (Phi) is 4.10. The molecule has 0 aromatic heterocycles. The lowest BCUT2D eigenvalue weighted by Crippen LogP contribution is -2.02. The summed E-state index contributed by atoms with van der Waals surface area (Å²) in [7, 11) is 1.63. The van der Waals surface area contributed by atoms with E-state index < -0.39 is 0 Å². The largest absolute Gasteiger partial charge is 0.497 e. The lowest BCUT2D eigenvalue weighted by molar-refractivity contribution is -0.117. The third-order valence-corrected chi connectivity index (χ3v) is 2.06. The molecule has 0 radical (unpaired) electrons. The normalized spacial score (nSPS) is 9.73. The molecular weight excluding hydrogens is 188 g/mol. The van der Waals surface area contributed by atoms with Gasteiger partial charge in [0.1, 0.15) is 11.5 Å². The molecule has 0 N–H and O–H groups in total. The number of rotatable bonds is 5. The van der Waals surface area contributed by atoms with Gasteiger partial charge < -0.3 is 4.74 Å². The highest BCUT2D eigenvalue weighted by Crippen LogP contribution is 2.12. The molecule has 2 nitrogen and oxygen atoms in total. The molecule has 0 bridgehead atoms. The van der Waals surface area contributed by atoms with Gasteiger partial charge in [0.05, 0.1) is 7.11 Å². The maximum absolute atomic E-state index is 11.5. The summed E-state index contributed by atoms with van der Waals surface area (Å²) in [6, 6.07) is 7.55. The number of benzene rings is 1. The lowest BCUT2D eigenvalue weighted by Gasteiger charge is -2.03. The molecule has 1 rings (SSSR count). The van der Waals surface area contributed by atoms with Crippen LogP contribution in [0.2, 0.25) is 0 Å². The fourth-order valence-corrected chi connectivity index (χ4v) is 1.37. The second-order valence-electron chi connectivity index (χ2n) is 3.70. The van der Waals surface area contributed by atoms with Crippen LogP contribution in [0.3, 0.4) is 0 Å². The van der Waals surface area contributed by atoms with E-state index >= 15 is 0 Å². The maximum atomic E-state index is 11.5. The van der Waals surface area contributed by atoms with Crippen LogP contribution in [-0.2, 0) is 11.2 Å². The van der Waals surface area contributed by atoms with Crippen LogP contribution in [0.15, 0.2) is 36.4 Å². The minimum atomic E-state index is 0.202. The summed E-state index contributed by atoms with van der Waals surface area (Å²) < 4.78 is 5.04. The quantitative estimate of drug-likeness (QED) is 0.689. The molecule has 0 spiro atoms. The molecule has 0 aliphatic carbocycles. The molecule has 0 unspecified atom stereocenters. The van der Waals surface area contributed by atoms with Gasteiger partial charge in [-0.25, -0.2) is 0 Å². The lowest BCUT2D eigenvalue weighted by atomic mass is 10.0. The molecule has 1 aromatic carbocycles. The van der Waals surface area contributed by atoms with Crippen molar-refractivity contribution >= 4 is 5.78 Å². The number of methoxy groups -OCH3 is 1. The summed E-state index contributed by atoms with van der Waals surface area (Å²) in [4.78, 5) is 11.5. The minimum absolute atomic E-state index is 0.202. The number of carbonyl (C=O) groups is 1. The van der Waals surface area contributed by atoms with Gasteiger partial charge in [-0.05, 0) is 24.6 Å². The number of ketones is 1. The van der Waals surface area contributed by atoms with Gasteiger partial charge in [-0.1, -0.05) is 24.3 Å². The van der Waals surface area contributed by atoms with Crippen molar-refractivity contribution in [2.45, 2.75) is 19.8 Å². The zero-order chi connectivity index (χ0) is 11.3. The van der Waals surface area contributed by atoms with Crippen LogP contribution in [0.25, 0.3) is 0 Å². The summed E-state index contributed by atoms with van der Waals surface area (Å²) in [5.74, 6) is 1.01. The van der Waals surface area contributed by atoms with E-state index in [0.717, 1.165) is 16.9 Å². The van der Waals surface area contributed by atoms with E-state index in [4.69, 9.17) is 4.74 Å². The zero-order valence-corrected chi connectivity index (χ0v) is 9.25. The third kappa shape index (κ3) is 3.98. The van der Waals surface area contributed by atoms with Crippen LogP contribution < -0.4 is 4.74 Å². The fourth-order valence-electron chi connectivity index (χ4n) is 1.37. The molecule has 0 fully saturated rings. The molecule has 0 saturated carbocycles. The van der Waals surface area contributed by atoms with Crippen molar-refractivity contribution in [1.29, 1.82) is 0 Å².